The van der Waals surface area contributed by atoms with Crippen molar-refractivity contribution >= 4 is 29.0 Å². The number of aliphatic hydroxyl groups is 1. The molecule has 4 rings (SSSR count). The Hall–Kier alpha value is -3.49. The van der Waals surface area contributed by atoms with Crippen molar-refractivity contribution in [1.29, 1.82) is 0 Å². The van der Waals surface area contributed by atoms with Crippen LogP contribution in [0.15, 0.2) is 53.3 Å². The van der Waals surface area contributed by atoms with Gasteiger partial charge >= 0.3 is 0 Å². The second-order valence-electron chi connectivity index (χ2n) is 9.38. The van der Waals surface area contributed by atoms with Crippen LogP contribution in [0.5, 0.6) is 0 Å². The molecule has 0 aliphatic rings. The molecule has 0 fully saturated rings. The van der Waals surface area contributed by atoms with Gasteiger partial charge in [0, 0.05) is 27.5 Å². The largest absolute Gasteiger partial charge is 0.386 e. The summed E-state index contributed by atoms with van der Waals surface area (Å²) in [6.45, 7) is 9.06. The Morgan fingerprint density at radius 2 is 1.74 bits per heavy atom. The van der Waals surface area contributed by atoms with Gasteiger partial charge in [-0.05, 0) is 56.5 Å². The van der Waals surface area contributed by atoms with Gasteiger partial charge in [-0.1, -0.05) is 49.7 Å². The molecule has 1 amide bonds. The smallest absolute Gasteiger partial charge is 0.279 e. The lowest BCUT2D eigenvalue weighted by molar-refractivity contribution is -0.116. The van der Waals surface area contributed by atoms with Crippen LogP contribution >= 0.6 is 11.6 Å². The number of fused-ring (bicyclic) bond motifs is 1. The van der Waals surface area contributed by atoms with Crippen molar-refractivity contribution in [3.05, 3.63) is 80.7 Å². The highest BCUT2D eigenvalue weighted by molar-refractivity contribution is 6.30. The summed E-state index contributed by atoms with van der Waals surface area (Å²) in [5.41, 5.74) is 2.08. The molecular formula is C26H28ClN5O3. The minimum Gasteiger partial charge on any atom is -0.386 e. The van der Waals surface area contributed by atoms with Gasteiger partial charge in [0.05, 0.1) is 5.60 Å². The van der Waals surface area contributed by atoms with Crippen molar-refractivity contribution in [2.24, 2.45) is 0 Å². The quantitative estimate of drug-likeness (QED) is 0.411. The third-order valence-electron chi connectivity index (χ3n) is 5.91. The minimum atomic E-state index is -0.975. The first-order valence-electron chi connectivity index (χ1n) is 11.3. The third-order valence-corrected chi connectivity index (χ3v) is 6.16. The molecule has 2 N–H and O–H groups in total. The molecule has 0 spiro atoms. The summed E-state index contributed by atoms with van der Waals surface area (Å²) in [6, 6.07) is 14.1. The van der Waals surface area contributed by atoms with Gasteiger partial charge in [0.2, 0.25) is 11.7 Å². The molecule has 8 nitrogen and oxygen atoms in total. The number of carbonyl (C=O) groups is 1. The standard InChI is InChI=1S/C26H28ClN5O3/c1-15(2)22-16(3)31(14-21(33)28-20-12-10-19(27)11-13-20)25-29-23(30-32(25)24(22)34)17-6-8-18(9-7-17)26(4,5)35/h6-13,15,35H,14H2,1-5H3,(H,28,33). The molecule has 0 saturated carbocycles. The van der Waals surface area contributed by atoms with Crippen molar-refractivity contribution in [2.45, 2.75) is 52.7 Å². The molecule has 0 radical (unpaired) electrons. The van der Waals surface area contributed by atoms with Crippen LogP contribution < -0.4 is 10.9 Å². The number of amides is 1. The van der Waals surface area contributed by atoms with Gasteiger partial charge in [-0.3, -0.25) is 9.59 Å². The molecule has 0 aliphatic heterocycles. The first-order valence-corrected chi connectivity index (χ1v) is 11.7. The number of nitrogens with zero attached hydrogens (tertiary/aromatic N) is 4. The molecule has 0 unspecified atom stereocenters. The maximum atomic E-state index is 13.3. The van der Waals surface area contributed by atoms with Crippen molar-refractivity contribution < 1.29 is 9.90 Å². The highest BCUT2D eigenvalue weighted by Gasteiger charge is 2.22. The molecule has 0 atom stereocenters. The normalized spacial score (nSPS) is 11.9. The zero-order valence-corrected chi connectivity index (χ0v) is 21.1. The summed E-state index contributed by atoms with van der Waals surface area (Å²) in [5.74, 6) is 0.298. The van der Waals surface area contributed by atoms with Gasteiger partial charge in [-0.2, -0.15) is 9.50 Å². The summed E-state index contributed by atoms with van der Waals surface area (Å²) in [5, 5.41) is 18.1. The Morgan fingerprint density at radius 1 is 1.11 bits per heavy atom. The highest BCUT2D eigenvalue weighted by Crippen LogP contribution is 2.24. The summed E-state index contributed by atoms with van der Waals surface area (Å²) < 4.78 is 2.97. The second kappa shape index (κ2) is 9.28. The van der Waals surface area contributed by atoms with E-state index in [2.05, 4.69) is 15.4 Å². The minimum absolute atomic E-state index is 0.0479. The fourth-order valence-electron chi connectivity index (χ4n) is 4.06. The van der Waals surface area contributed by atoms with Crippen LogP contribution in [-0.4, -0.2) is 30.2 Å². The number of rotatable bonds is 6. The number of halogens is 1. The summed E-state index contributed by atoms with van der Waals surface area (Å²) in [7, 11) is 0. The van der Waals surface area contributed by atoms with Crippen LogP contribution in [0.1, 0.15) is 50.4 Å². The summed E-state index contributed by atoms with van der Waals surface area (Å²) >= 11 is 5.93. The molecule has 0 saturated heterocycles. The molecule has 9 heteroatoms. The van der Waals surface area contributed by atoms with E-state index in [1.54, 1.807) is 66.9 Å². The maximum Gasteiger partial charge on any atom is 0.279 e. The average molecular weight is 494 g/mol. The SMILES string of the molecule is Cc1c(C(C)C)c(=O)n2nc(-c3ccc(C(C)(C)O)cc3)nc2n1CC(=O)Nc1ccc(Cl)cc1. The molecule has 2 aromatic carbocycles. The fraction of sp³-hybridized carbons (Fsp3) is 0.308. The van der Waals surface area contributed by atoms with Crippen molar-refractivity contribution in [3.63, 3.8) is 0 Å². The Bertz CT molecular complexity index is 1450. The monoisotopic (exact) mass is 493 g/mol. The third kappa shape index (κ3) is 4.99. The highest BCUT2D eigenvalue weighted by atomic mass is 35.5. The summed E-state index contributed by atoms with van der Waals surface area (Å²) in [4.78, 5) is 30.8. The Morgan fingerprint density at radius 3 is 2.31 bits per heavy atom. The van der Waals surface area contributed by atoms with Gasteiger partial charge < -0.3 is 15.0 Å². The maximum absolute atomic E-state index is 13.3. The second-order valence-corrected chi connectivity index (χ2v) is 9.82. The number of hydrogen-bond donors (Lipinski definition) is 2. The molecule has 182 valence electrons. The lowest BCUT2D eigenvalue weighted by atomic mass is 9.97. The van der Waals surface area contributed by atoms with E-state index < -0.39 is 5.60 Å². The van der Waals surface area contributed by atoms with E-state index in [9.17, 15) is 14.7 Å². The van der Waals surface area contributed by atoms with Crippen LogP contribution in [0, 0.1) is 6.92 Å². The van der Waals surface area contributed by atoms with Gasteiger partial charge in [-0.25, -0.2) is 0 Å². The molecule has 0 bridgehead atoms. The van der Waals surface area contributed by atoms with E-state index in [1.165, 1.54) is 4.52 Å². The number of aromatic nitrogens is 4. The average Bonchev–Trinajstić information content (AvgIpc) is 3.23. The van der Waals surface area contributed by atoms with E-state index in [0.29, 0.717) is 33.4 Å². The molecule has 4 aromatic rings. The molecule has 0 aliphatic carbocycles. The number of carbonyl (C=O) groups excluding carboxylic acids is 1. The Balaban J connectivity index is 1.78. The van der Waals surface area contributed by atoms with E-state index >= 15 is 0 Å². The first kappa shape index (κ1) is 24.6. The van der Waals surface area contributed by atoms with Gasteiger partial charge in [-0.15, -0.1) is 5.10 Å². The Kier molecular flexibility index (Phi) is 6.53. The van der Waals surface area contributed by atoms with Crippen LogP contribution in [-0.2, 0) is 16.9 Å². The zero-order chi connectivity index (χ0) is 25.5. The van der Waals surface area contributed by atoms with E-state index in [0.717, 1.165) is 5.56 Å². The topological polar surface area (TPSA) is 102 Å². The first-order chi connectivity index (χ1) is 16.5. The number of hydrogen-bond acceptors (Lipinski definition) is 5. The van der Waals surface area contributed by atoms with E-state index in [1.807, 2.05) is 20.8 Å². The number of anilines is 1. The van der Waals surface area contributed by atoms with Crippen LogP contribution in [0.2, 0.25) is 5.02 Å². The number of benzene rings is 2. The predicted octanol–water partition coefficient (Wildman–Crippen LogP) is 4.51. The van der Waals surface area contributed by atoms with Crippen molar-refractivity contribution in [1.82, 2.24) is 19.2 Å². The van der Waals surface area contributed by atoms with Crippen molar-refractivity contribution in [2.75, 3.05) is 5.32 Å². The van der Waals surface area contributed by atoms with Gasteiger partial charge in [0.1, 0.15) is 6.54 Å². The van der Waals surface area contributed by atoms with Gasteiger partial charge in [0.25, 0.3) is 5.56 Å². The Labute approximate surface area is 208 Å². The van der Waals surface area contributed by atoms with Crippen LogP contribution in [0.25, 0.3) is 17.2 Å². The molecule has 2 heterocycles. The van der Waals surface area contributed by atoms with Crippen LogP contribution in [0.4, 0.5) is 5.69 Å². The molecule has 35 heavy (non-hydrogen) atoms. The van der Waals surface area contributed by atoms with E-state index in [-0.39, 0.29) is 29.7 Å². The zero-order valence-electron chi connectivity index (χ0n) is 20.3. The molecular weight excluding hydrogens is 466 g/mol. The lowest BCUT2D eigenvalue weighted by Gasteiger charge is -2.17. The van der Waals surface area contributed by atoms with Crippen LogP contribution in [0.3, 0.4) is 0 Å². The summed E-state index contributed by atoms with van der Waals surface area (Å²) in [6.07, 6.45) is 0. The number of nitrogens with one attached hydrogen (secondary N) is 1. The predicted molar refractivity (Wildman–Crippen MR) is 137 cm³/mol. The lowest BCUT2D eigenvalue weighted by Crippen LogP contribution is -2.29. The van der Waals surface area contributed by atoms with Crippen molar-refractivity contribution in [3.8, 4) is 11.4 Å². The van der Waals surface area contributed by atoms with E-state index in [4.69, 9.17) is 11.6 Å². The van der Waals surface area contributed by atoms with Gasteiger partial charge in [0.15, 0.2) is 5.82 Å². The fourth-order valence-corrected chi connectivity index (χ4v) is 4.19. The molecule has 2 aromatic heterocycles.